The molecule has 0 aliphatic carbocycles. The average molecular weight is 341 g/mol. The van der Waals surface area contributed by atoms with Gasteiger partial charge in [-0.3, -0.25) is 0 Å². The number of nitrogens with two attached hydrogens (primary N) is 1. The molecule has 0 heterocycles. The van der Waals surface area contributed by atoms with Gasteiger partial charge in [0.1, 0.15) is 4.90 Å². The number of sulfonamides is 1. The van der Waals surface area contributed by atoms with Gasteiger partial charge < -0.3 is 10.8 Å². The second-order valence-electron chi connectivity index (χ2n) is 4.77. The van der Waals surface area contributed by atoms with Crippen LogP contribution in [0, 0.1) is 0 Å². The molecule has 0 saturated carbocycles. The lowest BCUT2D eigenvalue weighted by Gasteiger charge is -2.28. The Morgan fingerprint density at radius 2 is 2.00 bits per heavy atom. The molecule has 0 aliphatic rings. The molecule has 0 aromatic heterocycles. The second kappa shape index (κ2) is 6.49. The van der Waals surface area contributed by atoms with E-state index in [-0.39, 0.29) is 27.2 Å². The molecule has 114 valence electrons. The van der Waals surface area contributed by atoms with Crippen LogP contribution >= 0.6 is 23.2 Å². The maximum atomic E-state index is 12.4. The molecule has 4 N–H and O–H groups in total. The predicted octanol–water partition coefficient (Wildman–Crippen LogP) is 2.41. The highest BCUT2D eigenvalue weighted by atomic mass is 35.5. The van der Waals surface area contributed by atoms with E-state index in [4.69, 9.17) is 34.0 Å². The Morgan fingerprint density at radius 3 is 2.50 bits per heavy atom. The van der Waals surface area contributed by atoms with Crippen LogP contribution in [0.4, 0.5) is 5.69 Å². The van der Waals surface area contributed by atoms with Crippen molar-refractivity contribution in [1.82, 2.24) is 4.72 Å². The zero-order chi connectivity index (χ0) is 15.6. The molecule has 5 nitrogen and oxygen atoms in total. The van der Waals surface area contributed by atoms with Crippen molar-refractivity contribution in [2.45, 2.75) is 37.1 Å². The topological polar surface area (TPSA) is 92.4 Å². The molecule has 0 fully saturated rings. The lowest BCUT2D eigenvalue weighted by atomic mass is 9.97. The first-order chi connectivity index (χ1) is 9.17. The van der Waals surface area contributed by atoms with Crippen molar-refractivity contribution in [3.05, 3.63) is 22.2 Å². The van der Waals surface area contributed by atoms with Crippen molar-refractivity contribution in [2.24, 2.45) is 0 Å². The van der Waals surface area contributed by atoms with Gasteiger partial charge in [-0.1, -0.05) is 30.1 Å². The lowest BCUT2D eigenvalue weighted by molar-refractivity contribution is 0.233. The first kappa shape index (κ1) is 17.5. The smallest absolute Gasteiger partial charge is 0.242 e. The number of rotatable bonds is 6. The summed E-state index contributed by atoms with van der Waals surface area (Å²) in [4.78, 5) is -0.126. The summed E-state index contributed by atoms with van der Waals surface area (Å²) in [5.74, 6) is 0. The van der Waals surface area contributed by atoms with E-state index in [9.17, 15) is 8.42 Å². The SMILES string of the molecule is CCC(C)(CCO)NS(=O)(=O)c1ccc(Cl)c(N)c1Cl. The third kappa shape index (κ3) is 3.77. The van der Waals surface area contributed by atoms with Crippen LogP contribution in [0.3, 0.4) is 0 Å². The van der Waals surface area contributed by atoms with Crippen LogP contribution in [0.5, 0.6) is 0 Å². The number of aliphatic hydroxyl groups excluding tert-OH is 1. The van der Waals surface area contributed by atoms with Crippen LogP contribution in [0.1, 0.15) is 26.7 Å². The normalized spacial score (nSPS) is 15.1. The summed E-state index contributed by atoms with van der Waals surface area (Å²) in [6, 6.07) is 2.69. The van der Waals surface area contributed by atoms with Gasteiger partial charge in [0.2, 0.25) is 10.0 Å². The monoisotopic (exact) mass is 340 g/mol. The molecule has 1 rings (SSSR count). The van der Waals surface area contributed by atoms with E-state index in [1.54, 1.807) is 6.92 Å². The predicted molar refractivity (Wildman–Crippen MR) is 81.6 cm³/mol. The summed E-state index contributed by atoms with van der Waals surface area (Å²) in [6.07, 6.45) is 0.816. The van der Waals surface area contributed by atoms with Crippen molar-refractivity contribution in [3.63, 3.8) is 0 Å². The van der Waals surface area contributed by atoms with Gasteiger partial charge >= 0.3 is 0 Å². The molecule has 8 heteroatoms. The Bertz CT molecular complexity index is 593. The van der Waals surface area contributed by atoms with E-state index in [0.717, 1.165) is 0 Å². The zero-order valence-electron chi connectivity index (χ0n) is 11.3. The van der Waals surface area contributed by atoms with Gasteiger partial charge in [0.15, 0.2) is 0 Å². The molecule has 1 atom stereocenters. The van der Waals surface area contributed by atoms with Gasteiger partial charge in [0.05, 0.1) is 15.7 Å². The number of benzene rings is 1. The van der Waals surface area contributed by atoms with E-state index in [1.165, 1.54) is 12.1 Å². The average Bonchev–Trinajstić information content (AvgIpc) is 2.35. The fourth-order valence-corrected chi connectivity index (χ4v) is 3.96. The van der Waals surface area contributed by atoms with E-state index >= 15 is 0 Å². The Balaban J connectivity index is 3.21. The second-order valence-corrected chi connectivity index (χ2v) is 7.20. The van der Waals surface area contributed by atoms with Crippen LogP contribution < -0.4 is 10.5 Å². The maximum absolute atomic E-state index is 12.4. The molecule has 0 bridgehead atoms. The van der Waals surface area contributed by atoms with E-state index in [0.29, 0.717) is 12.8 Å². The molecule has 0 amide bonds. The van der Waals surface area contributed by atoms with Gasteiger partial charge in [0.25, 0.3) is 0 Å². The summed E-state index contributed by atoms with van der Waals surface area (Å²) in [5, 5.41) is 9.13. The number of anilines is 1. The fourth-order valence-electron chi connectivity index (χ4n) is 1.68. The van der Waals surface area contributed by atoms with Crippen molar-refractivity contribution in [1.29, 1.82) is 0 Å². The molecule has 0 aliphatic heterocycles. The van der Waals surface area contributed by atoms with Crippen LogP contribution in [-0.2, 0) is 10.0 Å². The highest BCUT2D eigenvalue weighted by Crippen LogP contribution is 2.33. The summed E-state index contributed by atoms with van der Waals surface area (Å²) in [5.41, 5.74) is 4.90. The van der Waals surface area contributed by atoms with Crippen molar-refractivity contribution >= 4 is 38.9 Å². The third-order valence-corrected chi connectivity index (χ3v) is 5.73. The first-order valence-corrected chi connectivity index (χ1v) is 8.29. The van der Waals surface area contributed by atoms with Gasteiger partial charge in [-0.25, -0.2) is 13.1 Å². The molecule has 1 aromatic rings. The molecule has 0 saturated heterocycles. The van der Waals surface area contributed by atoms with Crippen molar-refractivity contribution in [3.8, 4) is 0 Å². The van der Waals surface area contributed by atoms with Gasteiger partial charge in [-0.05, 0) is 31.9 Å². The van der Waals surface area contributed by atoms with Crippen LogP contribution in [0.2, 0.25) is 10.0 Å². The van der Waals surface area contributed by atoms with E-state index in [1.807, 2.05) is 6.92 Å². The largest absolute Gasteiger partial charge is 0.396 e. The highest BCUT2D eigenvalue weighted by Gasteiger charge is 2.30. The lowest BCUT2D eigenvalue weighted by Crippen LogP contribution is -2.46. The molecule has 0 radical (unpaired) electrons. The Morgan fingerprint density at radius 1 is 1.40 bits per heavy atom. The number of nitrogen functional groups attached to an aromatic ring is 1. The Labute approximate surface area is 129 Å². The van der Waals surface area contributed by atoms with Crippen LogP contribution in [0.15, 0.2) is 17.0 Å². The quantitative estimate of drug-likeness (QED) is 0.693. The van der Waals surface area contributed by atoms with E-state index < -0.39 is 15.6 Å². The molecular weight excluding hydrogens is 323 g/mol. The minimum atomic E-state index is -3.85. The highest BCUT2D eigenvalue weighted by molar-refractivity contribution is 7.89. The molecule has 1 unspecified atom stereocenters. The van der Waals surface area contributed by atoms with Gasteiger partial charge in [-0.15, -0.1) is 0 Å². The maximum Gasteiger partial charge on any atom is 0.242 e. The zero-order valence-corrected chi connectivity index (χ0v) is 13.6. The van der Waals surface area contributed by atoms with Crippen molar-refractivity contribution < 1.29 is 13.5 Å². The number of hydrogen-bond donors (Lipinski definition) is 3. The van der Waals surface area contributed by atoms with Gasteiger partial charge in [-0.2, -0.15) is 0 Å². The third-order valence-electron chi connectivity index (χ3n) is 3.21. The number of aliphatic hydroxyl groups is 1. The van der Waals surface area contributed by atoms with Crippen molar-refractivity contribution in [2.75, 3.05) is 12.3 Å². The summed E-state index contributed by atoms with van der Waals surface area (Å²) in [7, 11) is -3.85. The Kier molecular flexibility index (Phi) is 5.69. The van der Waals surface area contributed by atoms with Crippen LogP contribution in [0.25, 0.3) is 0 Å². The first-order valence-electron chi connectivity index (χ1n) is 6.05. The van der Waals surface area contributed by atoms with Crippen LogP contribution in [-0.4, -0.2) is 25.7 Å². The molecule has 1 aromatic carbocycles. The number of hydrogen-bond acceptors (Lipinski definition) is 4. The molecule has 20 heavy (non-hydrogen) atoms. The Hall–Kier alpha value is -0.530. The minimum absolute atomic E-state index is 0.0246. The van der Waals surface area contributed by atoms with E-state index in [2.05, 4.69) is 4.72 Å². The number of halogens is 2. The standard InChI is InChI=1S/C12H18Cl2N2O3S/c1-3-12(2,6-7-17)16-20(18,19)9-5-4-8(13)11(15)10(9)14/h4-5,16-17H,3,6-7,15H2,1-2H3. The number of nitrogens with one attached hydrogen (secondary N) is 1. The minimum Gasteiger partial charge on any atom is -0.396 e. The fraction of sp³-hybridized carbons (Fsp3) is 0.500. The molecule has 0 spiro atoms. The summed E-state index contributed by atoms with van der Waals surface area (Å²) < 4.78 is 27.3. The molecular formula is C12H18Cl2N2O3S. The summed E-state index contributed by atoms with van der Waals surface area (Å²) in [6.45, 7) is 3.42. The van der Waals surface area contributed by atoms with Gasteiger partial charge in [0, 0.05) is 12.1 Å². The summed E-state index contributed by atoms with van der Waals surface area (Å²) >= 11 is 11.7.